The van der Waals surface area contributed by atoms with Crippen molar-refractivity contribution in [2.24, 2.45) is 16.6 Å². The summed E-state index contributed by atoms with van der Waals surface area (Å²) in [5.74, 6) is 1.73. The first-order chi connectivity index (χ1) is 11.6. The topological polar surface area (TPSA) is 61.9 Å². The molecule has 25 heavy (non-hydrogen) atoms. The largest absolute Gasteiger partial charge is 0.370 e. The Balaban J connectivity index is 0.00000225. The summed E-state index contributed by atoms with van der Waals surface area (Å²) < 4.78 is 0. The Morgan fingerprint density at radius 2 is 1.80 bits per heavy atom. The molecule has 2 fully saturated rings. The van der Waals surface area contributed by atoms with Gasteiger partial charge in [0.05, 0.1) is 6.54 Å². The molecule has 1 amide bonds. The number of rotatable bonds is 4. The van der Waals surface area contributed by atoms with Gasteiger partial charge in [0, 0.05) is 32.6 Å². The maximum atomic E-state index is 11.7. The molecule has 2 aliphatic rings. The van der Waals surface area contributed by atoms with E-state index in [1.54, 1.807) is 0 Å². The van der Waals surface area contributed by atoms with Crippen LogP contribution < -0.4 is 5.73 Å². The van der Waals surface area contributed by atoms with Crippen LogP contribution in [-0.4, -0.2) is 41.3 Å². The number of guanidine groups is 1. The van der Waals surface area contributed by atoms with Crippen LogP contribution in [0.1, 0.15) is 43.7 Å². The first-order valence-electron chi connectivity index (χ1n) is 9.02. The van der Waals surface area contributed by atoms with Gasteiger partial charge in [0.2, 0.25) is 5.91 Å². The third-order valence-corrected chi connectivity index (χ3v) is 5.10. The van der Waals surface area contributed by atoms with E-state index in [9.17, 15) is 4.79 Å². The molecule has 0 radical (unpaired) electrons. The molecular weight excluding hydrogens is 427 g/mol. The van der Waals surface area contributed by atoms with Gasteiger partial charge in [0.1, 0.15) is 0 Å². The lowest BCUT2D eigenvalue weighted by Crippen LogP contribution is -2.42. The first kappa shape index (κ1) is 20.0. The van der Waals surface area contributed by atoms with Crippen molar-refractivity contribution in [1.82, 2.24) is 9.80 Å². The molecule has 2 saturated heterocycles. The van der Waals surface area contributed by atoms with Crippen LogP contribution in [0.4, 0.5) is 0 Å². The summed E-state index contributed by atoms with van der Waals surface area (Å²) in [6, 6.07) is 8.36. The predicted molar refractivity (Wildman–Crippen MR) is 112 cm³/mol. The average molecular weight is 456 g/mol. The van der Waals surface area contributed by atoms with Crippen LogP contribution in [0.5, 0.6) is 0 Å². The number of hydrogen-bond acceptors (Lipinski definition) is 2. The summed E-state index contributed by atoms with van der Waals surface area (Å²) in [5.41, 5.74) is 8.46. The number of piperidine rings is 1. The van der Waals surface area contributed by atoms with Crippen molar-refractivity contribution in [3.8, 4) is 0 Å². The number of halogens is 1. The maximum absolute atomic E-state index is 11.7. The summed E-state index contributed by atoms with van der Waals surface area (Å²) >= 11 is 0. The van der Waals surface area contributed by atoms with Gasteiger partial charge in [-0.1, -0.05) is 31.2 Å². The third kappa shape index (κ3) is 5.59. The zero-order valence-electron chi connectivity index (χ0n) is 15.0. The Bertz CT molecular complexity index is 594. The number of carbonyl (C=O) groups excluding carboxylic acids is 1. The molecule has 1 aromatic carbocycles. The Morgan fingerprint density at radius 3 is 2.40 bits per heavy atom. The molecule has 0 aromatic heterocycles. The molecule has 1 aromatic rings. The highest BCUT2D eigenvalue weighted by Gasteiger charge is 2.20. The molecule has 0 spiro atoms. The van der Waals surface area contributed by atoms with Crippen molar-refractivity contribution in [1.29, 1.82) is 0 Å². The fourth-order valence-electron chi connectivity index (χ4n) is 3.35. The summed E-state index contributed by atoms with van der Waals surface area (Å²) in [6.45, 7) is 6.54. The van der Waals surface area contributed by atoms with Crippen molar-refractivity contribution >= 4 is 35.8 Å². The van der Waals surface area contributed by atoms with Crippen LogP contribution in [0.3, 0.4) is 0 Å². The van der Waals surface area contributed by atoms with E-state index in [1.807, 2.05) is 4.90 Å². The van der Waals surface area contributed by atoms with Crippen molar-refractivity contribution in [3.63, 3.8) is 0 Å². The van der Waals surface area contributed by atoms with E-state index in [0.29, 0.717) is 18.9 Å². The monoisotopic (exact) mass is 456 g/mol. The van der Waals surface area contributed by atoms with E-state index in [0.717, 1.165) is 44.1 Å². The molecule has 2 aliphatic heterocycles. The van der Waals surface area contributed by atoms with Gasteiger partial charge >= 0.3 is 0 Å². The number of nitrogens with two attached hydrogens (primary N) is 1. The number of likely N-dealkylation sites (tertiary alicyclic amines) is 2. The van der Waals surface area contributed by atoms with Crippen molar-refractivity contribution < 1.29 is 4.79 Å². The molecular formula is C19H29IN4O. The molecule has 0 atom stereocenters. The van der Waals surface area contributed by atoms with Gasteiger partial charge in [-0.3, -0.25) is 4.79 Å². The number of aliphatic imine (C=N–C) groups is 1. The number of carbonyl (C=O) groups is 1. The van der Waals surface area contributed by atoms with Crippen LogP contribution in [0, 0.1) is 5.92 Å². The third-order valence-electron chi connectivity index (χ3n) is 5.10. The molecule has 3 rings (SSSR count). The molecule has 138 valence electrons. The second-order valence-corrected chi connectivity index (χ2v) is 7.08. The highest BCUT2D eigenvalue weighted by atomic mass is 127. The second-order valence-electron chi connectivity index (χ2n) is 7.08. The van der Waals surface area contributed by atoms with Crippen molar-refractivity contribution in [3.05, 3.63) is 35.4 Å². The molecule has 2 heterocycles. The van der Waals surface area contributed by atoms with E-state index in [4.69, 9.17) is 5.73 Å². The molecule has 0 aliphatic carbocycles. The molecule has 6 heteroatoms. The fourth-order valence-corrected chi connectivity index (χ4v) is 3.35. The van der Waals surface area contributed by atoms with E-state index >= 15 is 0 Å². The van der Waals surface area contributed by atoms with Crippen LogP contribution in [0.15, 0.2) is 29.3 Å². The van der Waals surface area contributed by atoms with Gasteiger partial charge in [-0.15, -0.1) is 24.0 Å². The first-order valence-corrected chi connectivity index (χ1v) is 9.02. The Morgan fingerprint density at radius 1 is 1.16 bits per heavy atom. The van der Waals surface area contributed by atoms with Gasteiger partial charge in [-0.25, -0.2) is 4.99 Å². The Hall–Kier alpha value is -1.31. The smallest absolute Gasteiger partial charge is 0.222 e. The maximum Gasteiger partial charge on any atom is 0.222 e. The molecule has 5 nitrogen and oxygen atoms in total. The van der Waals surface area contributed by atoms with E-state index in [1.165, 1.54) is 18.4 Å². The summed E-state index contributed by atoms with van der Waals surface area (Å²) in [6.07, 6.45) is 4.07. The normalized spacial score (nSPS) is 19.2. The van der Waals surface area contributed by atoms with E-state index in [2.05, 4.69) is 41.1 Å². The predicted octanol–water partition coefficient (Wildman–Crippen LogP) is 2.97. The van der Waals surface area contributed by atoms with Crippen LogP contribution in [0.25, 0.3) is 0 Å². The van der Waals surface area contributed by atoms with E-state index < -0.39 is 0 Å². The Labute approximate surface area is 167 Å². The average Bonchev–Trinajstić information content (AvgIpc) is 2.99. The zero-order chi connectivity index (χ0) is 16.9. The number of benzene rings is 1. The molecule has 0 unspecified atom stereocenters. The zero-order valence-corrected chi connectivity index (χ0v) is 17.3. The highest BCUT2D eigenvalue weighted by Crippen LogP contribution is 2.17. The second kappa shape index (κ2) is 9.40. The molecule has 2 N–H and O–H groups in total. The van der Waals surface area contributed by atoms with Crippen LogP contribution in [-0.2, 0) is 17.9 Å². The molecule has 0 bridgehead atoms. The minimum atomic E-state index is 0. The minimum absolute atomic E-state index is 0. The lowest BCUT2D eigenvalue weighted by molar-refractivity contribution is -0.128. The van der Waals surface area contributed by atoms with Gasteiger partial charge in [-0.05, 0) is 36.3 Å². The summed E-state index contributed by atoms with van der Waals surface area (Å²) in [5, 5.41) is 0. The Kier molecular flexibility index (Phi) is 7.53. The van der Waals surface area contributed by atoms with Crippen molar-refractivity contribution in [2.75, 3.05) is 19.6 Å². The summed E-state index contributed by atoms with van der Waals surface area (Å²) in [7, 11) is 0. The lowest BCUT2D eigenvalue weighted by atomic mass is 10.00. The van der Waals surface area contributed by atoms with Crippen LogP contribution >= 0.6 is 24.0 Å². The number of amides is 1. The number of nitrogens with zero attached hydrogens (tertiary/aromatic N) is 3. The molecule has 0 saturated carbocycles. The summed E-state index contributed by atoms with van der Waals surface area (Å²) in [4.78, 5) is 20.3. The lowest BCUT2D eigenvalue weighted by Gasteiger charge is -2.31. The fraction of sp³-hybridized carbons (Fsp3) is 0.579. The number of hydrogen-bond donors (Lipinski definition) is 1. The van der Waals surface area contributed by atoms with Crippen LogP contribution in [0.2, 0.25) is 0 Å². The van der Waals surface area contributed by atoms with Gasteiger partial charge in [0.25, 0.3) is 0 Å². The quantitative estimate of drug-likeness (QED) is 0.431. The van der Waals surface area contributed by atoms with Crippen molar-refractivity contribution in [2.45, 2.75) is 45.7 Å². The highest BCUT2D eigenvalue weighted by molar-refractivity contribution is 14.0. The van der Waals surface area contributed by atoms with Gasteiger partial charge in [0.15, 0.2) is 5.96 Å². The van der Waals surface area contributed by atoms with E-state index in [-0.39, 0.29) is 29.9 Å². The minimum Gasteiger partial charge on any atom is -0.370 e. The standard InChI is InChI=1S/C19H28N4O.HI/c1-15-8-11-22(12-9-15)19(20)21-13-16-4-6-17(7-5-16)14-23-10-2-3-18(23)24;/h4-7,15H,2-3,8-14H2,1H3,(H2,20,21);1H. The van der Waals surface area contributed by atoms with Gasteiger partial charge < -0.3 is 15.5 Å². The van der Waals surface area contributed by atoms with Gasteiger partial charge in [-0.2, -0.15) is 0 Å². The SMILES string of the molecule is CC1CCN(C(N)=NCc2ccc(CN3CCCC3=O)cc2)CC1.I.